The predicted octanol–water partition coefficient (Wildman–Crippen LogP) is 2.72. The van der Waals surface area contributed by atoms with E-state index in [4.69, 9.17) is 4.52 Å². The SMILES string of the molecule is Cc1cc(CNC(=O)c2cccc(S(=O)(=O)N3CCc4sccc4C3)c2)on1. The van der Waals surface area contributed by atoms with Gasteiger partial charge in [-0.2, -0.15) is 4.31 Å². The van der Waals surface area contributed by atoms with Crippen molar-refractivity contribution in [1.82, 2.24) is 14.8 Å². The number of carbonyl (C=O) groups excluding carboxylic acids is 1. The number of sulfonamides is 1. The molecule has 28 heavy (non-hydrogen) atoms. The second kappa shape index (κ2) is 7.50. The Morgan fingerprint density at radius 3 is 2.96 bits per heavy atom. The largest absolute Gasteiger partial charge is 0.359 e. The topological polar surface area (TPSA) is 92.5 Å². The van der Waals surface area contributed by atoms with Crippen molar-refractivity contribution in [2.75, 3.05) is 6.54 Å². The Balaban J connectivity index is 1.50. The lowest BCUT2D eigenvalue weighted by atomic mass is 10.1. The molecule has 3 aromatic rings. The number of aryl methyl sites for hydroxylation is 1. The van der Waals surface area contributed by atoms with E-state index in [0.717, 1.165) is 11.3 Å². The van der Waals surface area contributed by atoms with Gasteiger partial charge in [0.05, 0.1) is 17.1 Å². The number of hydrogen-bond donors (Lipinski definition) is 1. The summed E-state index contributed by atoms with van der Waals surface area (Å²) in [5, 5.41) is 8.47. The molecule has 0 fully saturated rings. The first-order valence-electron chi connectivity index (χ1n) is 8.79. The summed E-state index contributed by atoms with van der Waals surface area (Å²) in [5.74, 6) is 0.166. The van der Waals surface area contributed by atoms with Gasteiger partial charge in [-0.15, -0.1) is 11.3 Å². The summed E-state index contributed by atoms with van der Waals surface area (Å²) < 4.78 is 32.6. The number of benzene rings is 1. The van der Waals surface area contributed by atoms with Gasteiger partial charge in [0.15, 0.2) is 5.76 Å². The van der Waals surface area contributed by atoms with Crippen molar-refractivity contribution in [3.63, 3.8) is 0 Å². The summed E-state index contributed by atoms with van der Waals surface area (Å²) >= 11 is 1.66. The van der Waals surface area contributed by atoms with Crippen molar-refractivity contribution in [1.29, 1.82) is 0 Å². The predicted molar refractivity (Wildman–Crippen MR) is 104 cm³/mol. The van der Waals surface area contributed by atoms with Crippen molar-refractivity contribution in [2.24, 2.45) is 0 Å². The maximum absolute atomic E-state index is 13.1. The van der Waals surface area contributed by atoms with E-state index in [0.29, 0.717) is 25.3 Å². The molecule has 9 heteroatoms. The standard InChI is InChI=1S/C19H19N3O4S2/c1-13-9-16(26-21-13)11-20-19(23)14-3-2-4-17(10-14)28(24,25)22-7-5-18-15(12-22)6-8-27-18/h2-4,6,8-10H,5,7,11-12H2,1H3,(H,20,23). The number of rotatable bonds is 5. The minimum absolute atomic E-state index is 0.120. The van der Waals surface area contributed by atoms with E-state index in [1.165, 1.54) is 21.3 Å². The minimum atomic E-state index is -3.67. The summed E-state index contributed by atoms with van der Waals surface area (Å²) in [6.45, 7) is 2.78. The van der Waals surface area contributed by atoms with Crippen molar-refractivity contribution in [3.8, 4) is 0 Å². The zero-order valence-corrected chi connectivity index (χ0v) is 16.8. The average molecular weight is 418 g/mol. The molecule has 0 spiro atoms. The Morgan fingerprint density at radius 2 is 2.18 bits per heavy atom. The lowest BCUT2D eigenvalue weighted by molar-refractivity contribution is 0.0947. The third-order valence-electron chi connectivity index (χ3n) is 4.61. The first-order valence-corrected chi connectivity index (χ1v) is 11.1. The number of aromatic nitrogens is 1. The van der Waals surface area contributed by atoms with Crippen LogP contribution in [0, 0.1) is 6.92 Å². The maximum atomic E-state index is 13.1. The maximum Gasteiger partial charge on any atom is 0.251 e. The second-order valence-electron chi connectivity index (χ2n) is 6.60. The van der Waals surface area contributed by atoms with E-state index < -0.39 is 10.0 Å². The monoisotopic (exact) mass is 417 g/mol. The van der Waals surface area contributed by atoms with Crippen LogP contribution in [0.3, 0.4) is 0 Å². The Hall–Kier alpha value is -2.49. The van der Waals surface area contributed by atoms with E-state index in [1.54, 1.807) is 36.5 Å². The average Bonchev–Trinajstić information content (AvgIpc) is 3.34. The van der Waals surface area contributed by atoms with E-state index >= 15 is 0 Å². The quantitative estimate of drug-likeness (QED) is 0.689. The van der Waals surface area contributed by atoms with E-state index in [9.17, 15) is 13.2 Å². The summed E-state index contributed by atoms with van der Waals surface area (Å²) in [6, 6.07) is 9.81. The molecular formula is C19H19N3O4S2. The summed E-state index contributed by atoms with van der Waals surface area (Å²) in [5.41, 5.74) is 2.06. The lowest BCUT2D eigenvalue weighted by Crippen LogP contribution is -2.35. The van der Waals surface area contributed by atoms with Gasteiger partial charge in [0.25, 0.3) is 5.91 Å². The fourth-order valence-corrected chi connectivity index (χ4v) is 5.50. The minimum Gasteiger partial charge on any atom is -0.359 e. The third kappa shape index (κ3) is 3.73. The summed E-state index contributed by atoms with van der Waals surface area (Å²) in [6.07, 6.45) is 0.711. The first kappa shape index (κ1) is 18.9. The number of carbonyl (C=O) groups is 1. The molecule has 1 aliphatic heterocycles. The Morgan fingerprint density at radius 1 is 1.32 bits per heavy atom. The first-order chi connectivity index (χ1) is 13.4. The number of fused-ring (bicyclic) bond motifs is 1. The molecule has 0 atom stereocenters. The molecule has 0 saturated heterocycles. The molecule has 7 nitrogen and oxygen atoms in total. The van der Waals surface area contributed by atoms with Gasteiger partial charge in [0.2, 0.25) is 10.0 Å². The fraction of sp³-hybridized carbons (Fsp3) is 0.263. The van der Waals surface area contributed by atoms with Gasteiger partial charge in [0.1, 0.15) is 0 Å². The van der Waals surface area contributed by atoms with E-state index in [-0.39, 0.29) is 22.9 Å². The van der Waals surface area contributed by atoms with Crippen LogP contribution in [0.25, 0.3) is 0 Å². The lowest BCUT2D eigenvalue weighted by Gasteiger charge is -2.26. The molecule has 0 saturated carbocycles. The second-order valence-corrected chi connectivity index (χ2v) is 9.54. The van der Waals surface area contributed by atoms with Crippen LogP contribution in [0.1, 0.15) is 32.3 Å². The highest BCUT2D eigenvalue weighted by Gasteiger charge is 2.29. The van der Waals surface area contributed by atoms with Gasteiger partial charge in [-0.05, 0) is 48.6 Å². The van der Waals surface area contributed by atoms with Gasteiger partial charge in [-0.25, -0.2) is 8.42 Å². The number of thiophene rings is 1. The van der Waals surface area contributed by atoms with E-state index in [2.05, 4.69) is 10.5 Å². The van der Waals surface area contributed by atoms with Crippen LogP contribution in [-0.2, 0) is 29.5 Å². The van der Waals surface area contributed by atoms with Crippen LogP contribution in [0.4, 0.5) is 0 Å². The zero-order valence-electron chi connectivity index (χ0n) is 15.2. The Labute approximate surface area is 167 Å². The molecular weight excluding hydrogens is 398 g/mol. The highest BCUT2D eigenvalue weighted by molar-refractivity contribution is 7.89. The smallest absolute Gasteiger partial charge is 0.251 e. The molecule has 1 N–H and O–H groups in total. The van der Waals surface area contributed by atoms with Crippen LogP contribution >= 0.6 is 11.3 Å². The number of nitrogens with one attached hydrogen (secondary N) is 1. The van der Waals surface area contributed by atoms with Crippen LogP contribution in [-0.4, -0.2) is 30.3 Å². The zero-order chi connectivity index (χ0) is 19.7. The van der Waals surface area contributed by atoms with Gasteiger partial charge in [-0.1, -0.05) is 11.2 Å². The number of hydrogen-bond acceptors (Lipinski definition) is 6. The van der Waals surface area contributed by atoms with Crippen LogP contribution in [0.5, 0.6) is 0 Å². The molecule has 0 radical (unpaired) electrons. The van der Waals surface area contributed by atoms with Crippen LogP contribution in [0.15, 0.2) is 51.2 Å². The van der Waals surface area contributed by atoms with Crippen molar-refractivity contribution in [2.45, 2.75) is 31.3 Å². The number of nitrogens with zero attached hydrogens (tertiary/aromatic N) is 2. The summed E-state index contributed by atoms with van der Waals surface area (Å²) in [7, 11) is -3.67. The molecule has 4 rings (SSSR count). The molecule has 0 aliphatic carbocycles. The molecule has 0 bridgehead atoms. The Bertz CT molecular complexity index is 1120. The number of amides is 1. The fourth-order valence-electron chi connectivity index (χ4n) is 3.14. The highest BCUT2D eigenvalue weighted by atomic mass is 32.2. The molecule has 1 aliphatic rings. The van der Waals surface area contributed by atoms with Crippen molar-refractivity contribution >= 4 is 27.3 Å². The van der Waals surface area contributed by atoms with Gasteiger partial charge < -0.3 is 9.84 Å². The highest BCUT2D eigenvalue weighted by Crippen LogP contribution is 2.28. The van der Waals surface area contributed by atoms with Crippen LogP contribution in [0.2, 0.25) is 0 Å². The van der Waals surface area contributed by atoms with Crippen molar-refractivity contribution in [3.05, 3.63) is 69.2 Å². The molecule has 1 aromatic carbocycles. The molecule has 146 valence electrons. The van der Waals surface area contributed by atoms with Gasteiger partial charge >= 0.3 is 0 Å². The Kier molecular flexibility index (Phi) is 5.05. The third-order valence-corrected chi connectivity index (χ3v) is 7.47. The van der Waals surface area contributed by atoms with E-state index in [1.807, 2.05) is 11.4 Å². The summed E-state index contributed by atoms with van der Waals surface area (Å²) in [4.78, 5) is 13.8. The van der Waals surface area contributed by atoms with Gasteiger partial charge in [0, 0.05) is 29.6 Å². The van der Waals surface area contributed by atoms with Crippen molar-refractivity contribution < 1.29 is 17.7 Å². The van der Waals surface area contributed by atoms with Crippen LogP contribution < -0.4 is 5.32 Å². The van der Waals surface area contributed by atoms with Gasteiger partial charge in [-0.3, -0.25) is 4.79 Å². The molecule has 1 amide bonds. The molecule has 3 heterocycles. The normalized spacial score (nSPS) is 14.6. The molecule has 0 unspecified atom stereocenters. The molecule has 2 aromatic heterocycles.